The lowest BCUT2D eigenvalue weighted by Crippen LogP contribution is -2.56. The van der Waals surface area contributed by atoms with Gasteiger partial charge in [0.1, 0.15) is 5.69 Å². The number of aromatic amines is 1. The van der Waals surface area contributed by atoms with Crippen LogP contribution in [0.4, 0.5) is 5.69 Å². The van der Waals surface area contributed by atoms with Crippen LogP contribution in [-0.2, 0) is 4.79 Å². The summed E-state index contributed by atoms with van der Waals surface area (Å²) in [6.07, 6.45) is 3.69. The van der Waals surface area contributed by atoms with Crippen molar-refractivity contribution in [2.24, 2.45) is 5.92 Å². The van der Waals surface area contributed by atoms with Crippen molar-refractivity contribution in [2.45, 2.75) is 32.4 Å². The molecule has 0 radical (unpaired) electrons. The van der Waals surface area contributed by atoms with Gasteiger partial charge in [-0.05, 0) is 43.4 Å². The van der Waals surface area contributed by atoms with E-state index in [4.69, 9.17) is 0 Å². The number of fused-ring (bicyclic) bond motifs is 3. The van der Waals surface area contributed by atoms with Crippen molar-refractivity contribution in [3.8, 4) is 11.3 Å². The fraction of sp³-hybridized carbons (Fsp3) is 0.400. The number of anilines is 1. The minimum absolute atomic E-state index is 0.0780. The second-order valence-corrected chi connectivity index (χ2v) is 7.22. The van der Waals surface area contributed by atoms with Gasteiger partial charge in [-0.3, -0.25) is 14.5 Å². The van der Waals surface area contributed by atoms with Gasteiger partial charge in [-0.15, -0.1) is 0 Å². The Hall–Kier alpha value is -2.60. The summed E-state index contributed by atoms with van der Waals surface area (Å²) in [6, 6.07) is 11.2. The van der Waals surface area contributed by atoms with Crippen molar-refractivity contribution in [1.29, 1.82) is 0 Å². The molecule has 3 fully saturated rings. The molecule has 3 aliphatic heterocycles. The van der Waals surface area contributed by atoms with E-state index in [9.17, 15) is 9.59 Å². The van der Waals surface area contributed by atoms with Gasteiger partial charge in [-0.25, -0.2) is 0 Å². The second-order valence-electron chi connectivity index (χ2n) is 7.22. The molecule has 5 rings (SSSR count). The van der Waals surface area contributed by atoms with E-state index in [1.54, 1.807) is 6.07 Å². The number of nitrogens with zero attached hydrogens (tertiary/aromatic N) is 1. The van der Waals surface area contributed by atoms with Crippen molar-refractivity contribution in [1.82, 2.24) is 15.2 Å². The average Bonchev–Trinajstić information content (AvgIpc) is 3.13. The average molecular weight is 352 g/mol. The number of benzene rings is 1. The molecule has 0 aliphatic carbocycles. The van der Waals surface area contributed by atoms with E-state index in [0.717, 1.165) is 42.4 Å². The molecule has 3 aliphatic rings. The summed E-state index contributed by atoms with van der Waals surface area (Å²) in [5.41, 5.74) is 2.94. The first-order valence-corrected chi connectivity index (χ1v) is 9.21. The first-order chi connectivity index (χ1) is 12.6. The molecule has 2 bridgehead atoms. The lowest BCUT2D eigenvalue weighted by atomic mass is 9.86. The summed E-state index contributed by atoms with van der Waals surface area (Å²) in [5, 5.41) is 5.99. The van der Waals surface area contributed by atoms with Crippen LogP contribution in [0.25, 0.3) is 11.3 Å². The van der Waals surface area contributed by atoms with Crippen LogP contribution in [0.15, 0.2) is 36.4 Å². The van der Waals surface area contributed by atoms with Crippen LogP contribution in [0.5, 0.6) is 0 Å². The van der Waals surface area contributed by atoms with Crippen molar-refractivity contribution in [3.63, 3.8) is 0 Å². The zero-order valence-corrected chi connectivity index (χ0v) is 14.9. The van der Waals surface area contributed by atoms with Crippen LogP contribution in [0.2, 0.25) is 0 Å². The summed E-state index contributed by atoms with van der Waals surface area (Å²) >= 11 is 0. The first kappa shape index (κ1) is 16.8. The van der Waals surface area contributed by atoms with Crippen LogP contribution in [-0.4, -0.2) is 41.0 Å². The standard InChI is InChI=1S/C20H24N4O2/c1-13(25)21-16-5-3-2-4-15(16)17-6-7-18(22-17)20(26)23-19-12-14-8-10-24(19)11-9-14/h2-7,14,19,22H,8-12H2,1H3,(H,21,25)(H,23,26). The highest BCUT2D eigenvalue weighted by Gasteiger charge is 2.34. The van der Waals surface area contributed by atoms with Crippen molar-refractivity contribution >= 4 is 17.5 Å². The molecule has 1 aromatic heterocycles. The van der Waals surface area contributed by atoms with E-state index in [1.807, 2.05) is 30.3 Å². The Bertz CT molecular complexity index is 821. The summed E-state index contributed by atoms with van der Waals surface area (Å²) in [7, 11) is 0. The molecule has 4 heterocycles. The smallest absolute Gasteiger partial charge is 0.268 e. The maximum Gasteiger partial charge on any atom is 0.268 e. The molecule has 3 N–H and O–H groups in total. The molecular weight excluding hydrogens is 328 g/mol. The van der Waals surface area contributed by atoms with Gasteiger partial charge in [0.15, 0.2) is 0 Å². The molecule has 6 heteroatoms. The molecule has 0 spiro atoms. The minimum atomic E-state index is -0.122. The number of carbonyl (C=O) groups is 2. The van der Waals surface area contributed by atoms with Gasteiger partial charge < -0.3 is 15.6 Å². The highest BCUT2D eigenvalue weighted by Crippen LogP contribution is 2.31. The van der Waals surface area contributed by atoms with E-state index in [1.165, 1.54) is 19.8 Å². The summed E-state index contributed by atoms with van der Waals surface area (Å²) in [4.78, 5) is 29.6. The Morgan fingerprint density at radius 1 is 1.12 bits per heavy atom. The molecule has 2 aromatic rings. The largest absolute Gasteiger partial charge is 0.350 e. The van der Waals surface area contributed by atoms with Crippen LogP contribution in [0.3, 0.4) is 0 Å². The van der Waals surface area contributed by atoms with Gasteiger partial charge in [-0.1, -0.05) is 18.2 Å². The fourth-order valence-corrected chi connectivity index (χ4v) is 4.05. The van der Waals surface area contributed by atoms with Crippen molar-refractivity contribution < 1.29 is 9.59 Å². The second kappa shape index (κ2) is 6.96. The monoisotopic (exact) mass is 352 g/mol. The number of nitrogens with one attached hydrogen (secondary N) is 3. The topological polar surface area (TPSA) is 77.2 Å². The summed E-state index contributed by atoms with van der Waals surface area (Å²) in [6.45, 7) is 3.64. The lowest BCUT2D eigenvalue weighted by Gasteiger charge is -2.45. The lowest BCUT2D eigenvalue weighted by molar-refractivity contribution is -0.114. The van der Waals surface area contributed by atoms with E-state index in [2.05, 4.69) is 20.5 Å². The van der Waals surface area contributed by atoms with Gasteiger partial charge in [0.05, 0.1) is 11.9 Å². The predicted molar refractivity (Wildman–Crippen MR) is 101 cm³/mol. The third-order valence-electron chi connectivity index (χ3n) is 5.40. The van der Waals surface area contributed by atoms with Gasteiger partial charge in [-0.2, -0.15) is 0 Å². The molecule has 6 nitrogen and oxygen atoms in total. The number of carbonyl (C=O) groups excluding carboxylic acids is 2. The van der Waals surface area contributed by atoms with E-state index in [-0.39, 0.29) is 18.0 Å². The zero-order valence-electron chi connectivity index (χ0n) is 14.9. The number of hydrogen-bond acceptors (Lipinski definition) is 3. The van der Waals surface area contributed by atoms with Crippen LogP contribution >= 0.6 is 0 Å². The Morgan fingerprint density at radius 3 is 2.58 bits per heavy atom. The quantitative estimate of drug-likeness (QED) is 0.792. The molecule has 26 heavy (non-hydrogen) atoms. The van der Waals surface area contributed by atoms with Crippen molar-refractivity contribution in [3.05, 3.63) is 42.1 Å². The van der Waals surface area contributed by atoms with Crippen LogP contribution < -0.4 is 10.6 Å². The van der Waals surface area contributed by atoms with Gasteiger partial charge >= 0.3 is 0 Å². The number of amides is 2. The number of aromatic nitrogens is 1. The number of para-hydroxylation sites is 1. The predicted octanol–water partition coefficient (Wildman–Crippen LogP) is 2.81. The number of H-pyrrole nitrogens is 1. The molecular formula is C20H24N4O2. The van der Waals surface area contributed by atoms with Gasteiger partial charge in [0.25, 0.3) is 5.91 Å². The van der Waals surface area contributed by atoms with Crippen molar-refractivity contribution in [2.75, 3.05) is 18.4 Å². The Balaban J connectivity index is 1.50. The number of piperidine rings is 3. The number of rotatable bonds is 4. The molecule has 1 atom stereocenters. The maximum absolute atomic E-state index is 12.7. The molecule has 136 valence electrons. The van der Waals surface area contributed by atoms with Gasteiger partial charge in [0.2, 0.25) is 5.91 Å². The zero-order chi connectivity index (χ0) is 18.1. The molecule has 1 unspecified atom stereocenters. The molecule has 1 aromatic carbocycles. The van der Waals surface area contributed by atoms with Gasteiger partial charge in [0, 0.05) is 31.3 Å². The van der Waals surface area contributed by atoms with Crippen LogP contribution in [0.1, 0.15) is 36.7 Å². The fourth-order valence-electron chi connectivity index (χ4n) is 4.05. The van der Waals surface area contributed by atoms with Crippen LogP contribution in [0, 0.1) is 5.92 Å². The molecule has 3 saturated heterocycles. The van der Waals surface area contributed by atoms with E-state index >= 15 is 0 Å². The number of hydrogen-bond donors (Lipinski definition) is 3. The summed E-state index contributed by atoms with van der Waals surface area (Å²) < 4.78 is 0. The van der Waals surface area contributed by atoms with E-state index in [0.29, 0.717) is 5.69 Å². The Morgan fingerprint density at radius 2 is 1.88 bits per heavy atom. The first-order valence-electron chi connectivity index (χ1n) is 9.21. The summed E-state index contributed by atoms with van der Waals surface area (Å²) in [5.74, 6) is 0.545. The van der Waals surface area contributed by atoms with E-state index < -0.39 is 0 Å². The minimum Gasteiger partial charge on any atom is -0.350 e. The maximum atomic E-state index is 12.7. The Labute approximate surface area is 153 Å². The third kappa shape index (κ3) is 3.37. The molecule has 2 amide bonds. The third-order valence-corrected chi connectivity index (χ3v) is 5.40. The SMILES string of the molecule is CC(=O)Nc1ccccc1-c1ccc(C(=O)NC2CC3CCN2CC3)[nH]1. The Kier molecular flexibility index (Phi) is 4.51. The highest BCUT2D eigenvalue weighted by atomic mass is 16.2. The molecule has 0 saturated carbocycles. The normalized spacial score (nSPS) is 24.3. The highest BCUT2D eigenvalue weighted by molar-refractivity contribution is 5.96.